The van der Waals surface area contributed by atoms with Gasteiger partial charge in [-0.3, -0.25) is 14.8 Å². The molecule has 0 amide bonds. The van der Waals surface area contributed by atoms with Crippen molar-refractivity contribution in [1.29, 1.82) is 0 Å². The second-order valence-electron chi connectivity index (χ2n) is 8.21. The summed E-state index contributed by atoms with van der Waals surface area (Å²) in [4.78, 5) is 31.6. The summed E-state index contributed by atoms with van der Waals surface area (Å²) in [5.74, 6) is 2.63. The minimum Gasteiger partial charge on any atom is -0.308 e. The lowest BCUT2D eigenvalue weighted by Crippen LogP contribution is -2.22. The van der Waals surface area contributed by atoms with E-state index in [1.165, 1.54) is 12.8 Å². The van der Waals surface area contributed by atoms with Gasteiger partial charge in [-0.2, -0.15) is 5.10 Å². The first-order valence-electron chi connectivity index (χ1n) is 10.2. The van der Waals surface area contributed by atoms with E-state index in [-0.39, 0.29) is 11.5 Å². The molecule has 0 aromatic carbocycles. The first-order chi connectivity index (χ1) is 13.7. The Balaban J connectivity index is 1.43. The molecule has 28 heavy (non-hydrogen) atoms. The van der Waals surface area contributed by atoms with Crippen molar-refractivity contribution in [3.05, 3.63) is 46.2 Å². The van der Waals surface area contributed by atoms with E-state index in [1.807, 2.05) is 6.07 Å². The zero-order chi connectivity index (χ0) is 19.1. The summed E-state index contributed by atoms with van der Waals surface area (Å²) in [6.45, 7) is 4.71. The molecule has 0 spiro atoms. The van der Waals surface area contributed by atoms with Crippen LogP contribution < -0.4 is 5.56 Å². The second-order valence-corrected chi connectivity index (χ2v) is 8.21. The van der Waals surface area contributed by atoms with Crippen LogP contribution in [0.2, 0.25) is 0 Å². The van der Waals surface area contributed by atoms with Crippen LogP contribution in [0.1, 0.15) is 61.8 Å². The molecule has 1 saturated heterocycles. The molecule has 2 atom stereocenters. The van der Waals surface area contributed by atoms with Gasteiger partial charge in [0, 0.05) is 37.3 Å². The molecule has 5 rings (SSSR count). The van der Waals surface area contributed by atoms with Crippen molar-refractivity contribution in [2.45, 2.75) is 51.0 Å². The first-order valence-corrected chi connectivity index (χ1v) is 10.2. The smallest absolute Gasteiger partial charge is 0.279 e. The molecule has 2 fully saturated rings. The molecule has 4 heterocycles. The average molecular weight is 379 g/mol. The van der Waals surface area contributed by atoms with E-state index in [0.717, 1.165) is 48.8 Å². The van der Waals surface area contributed by atoms with Crippen molar-refractivity contribution in [1.82, 2.24) is 35.0 Å². The van der Waals surface area contributed by atoms with E-state index in [2.05, 4.69) is 37.0 Å². The standard InChI is InChI=1S/C20H25N7O/c1-12-9-27(11-15-21-7-4-8-22-15)10-14(12)19-23-17-16(13-5-2-3-6-13)25-26-18(17)20(28)24-19/h4,7-8,12-14H,2-3,5-6,9-11H2,1H3,(H,25,26)(H,23,24,28). The molecular weight excluding hydrogens is 354 g/mol. The van der Waals surface area contributed by atoms with Gasteiger partial charge in [0.25, 0.3) is 5.56 Å². The van der Waals surface area contributed by atoms with Gasteiger partial charge in [-0.15, -0.1) is 0 Å². The maximum Gasteiger partial charge on any atom is 0.279 e. The van der Waals surface area contributed by atoms with Gasteiger partial charge in [-0.25, -0.2) is 15.0 Å². The minimum absolute atomic E-state index is 0.141. The Kier molecular flexibility index (Phi) is 4.43. The highest BCUT2D eigenvalue weighted by molar-refractivity contribution is 5.76. The Morgan fingerprint density at radius 2 is 1.93 bits per heavy atom. The number of nitrogens with zero attached hydrogens (tertiary/aromatic N) is 5. The highest BCUT2D eigenvalue weighted by Gasteiger charge is 2.34. The van der Waals surface area contributed by atoms with Crippen LogP contribution in [-0.4, -0.2) is 48.1 Å². The van der Waals surface area contributed by atoms with Crippen LogP contribution in [0.4, 0.5) is 0 Å². The SMILES string of the molecule is CC1CN(Cc2ncccn2)CC1c1nc2c(C3CCCC3)[nH]nc2c(=O)[nH]1. The molecule has 3 aromatic heterocycles. The van der Waals surface area contributed by atoms with Gasteiger partial charge in [-0.1, -0.05) is 19.8 Å². The molecular formula is C20H25N7O. The van der Waals surface area contributed by atoms with Gasteiger partial charge in [0.15, 0.2) is 5.52 Å². The van der Waals surface area contributed by atoms with Gasteiger partial charge < -0.3 is 4.98 Å². The second kappa shape index (κ2) is 7.09. The van der Waals surface area contributed by atoms with Crippen molar-refractivity contribution in [2.24, 2.45) is 5.92 Å². The Morgan fingerprint density at radius 3 is 2.71 bits per heavy atom. The summed E-state index contributed by atoms with van der Waals surface area (Å²) in [6, 6.07) is 1.83. The van der Waals surface area contributed by atoms with E-state index in [4.69, 9.17) is 4.98 Å². The molecule has 8 nitrogen and oxygen atoms in total. The third kappa shape index (κ3) is 3.11. The third-order valence-corrected chi connectivity index (χ3v) is 6.24. The van der Waals surface area contributed by atoms with Crippen LogP contribution in [0.15, 0.2) is 23.3 Å². The Hall–Kier alpha value is -2.61. The molecule has 2 unspecified atom stereocenters. The lowest BCUT2D eigenvalue weighted by molar-refractivity contribution is 0.310. The number of fused-ring (bicyclic) bond motifs is 1. The largest absolute Gasteiger partial charge is 0.308 e. The van der Waals surface area contributed by atoms with Crippen LogP contribution in [0, 0.1) is 5.92 Å². The van der Waals surface area contributed by atoms with E-state index in [0.29, 0.717) is 23.9 Å². The van der Waals surface area contributed by atoms with Crippen LogP contribution in [0.5, 0.6) is 0 Å². The van der Waals surface area contributed by atoms with E-state index < -0.39 is 0 Å². The Bertz CT molecular complexity index is 1020. The summed E-state index contributed by atoms with van der Waals surface area (Å²) in [7, 11) is 0. The Morgan fingerprint density at radius 1 is 1.14 bits per heavy atom. The number of aromatic amines is 2. The zero-order valence-electron chi connectivity index (χ0n) is 16.1. The van der Waals surface area contributed by atoms with Gasteiger partial charge in [0.05, 0.1) is 12.2 Å². The predicted molar refractivity (Wildman–Crippen MR) is 105 cm³/mol. The molecule has 2 aliphatic rings. The quantitative estimate of drug-likeness (QED) is 0.721. The van der Waals surface area contributed by atoms with Crippen molar-refractivity contribution >= 4 is 11.0 Å². The Labute approximate surface area is 162 Å². The fourth-order valence-electron chi connectivity index (χ4n) is 4.78. The van der Waals surface area contributed by atoms with E-state index in [9.17, 15) is 4.79 Å². The molecule has 1 aliphatic heterocycles. The van der Waals surface area contributed by atoms with Gasteiger partial charge in [0.2, 0.25) is 0 Å². The number of aromatic nitrogens is 6. The minimum atomic E-state index is -0.141. The van der Waals surface area contributed by atoms with E-state index >= 15 is 0 Å². The number of hydrogen-bond acceptors (Lipinski definition) is 6. The lowest BCUT2D eigenvalue weighted by atomic mass is 9.97. The molecule has 3 aromatic rings. The topological polar surface area (TPSA) is 103 Å². The molecule has 0 radical (unpaired) electrons. The highest BCUT2D eigenvalue weighted by atomic mass is 16.1. The third-order valence-electron chi connectivity index (χ3n) is 6.24. The summed E-state index contributed by atoms with van der Waals surface area (Å²) in [6.07, 6.45) is 8.30. The predicted octanol–water partition coefficient (Wildman–Crippen LogP) is 2.33. The van der Waals surface area contributed by atoms with Crippen molar-refractivity contribution < 1.29 is 0 Å². The fourth-order valence-corrected chi connectivity index (χ4v) is 4.78. The monoisotopic (exact) mass is 379 g/mol. The van der Waals surface area contributed by atoms with Crippen molar-refractivity contribution in [3.63, 3.8) is 0 Å². The molecule has 146 valence electrons. The number of H-pyrrole nitrogens is 2. The maximum absolute atomic E-state index is 12.7. The summed E-state index contributed by atoms with van der Waals surface area (Å²) in [5, 5.41) is 7.37. The number of rotatable bonds is 4. The van der Waals surface area contributed by atoms with Crippen LogP contribution in [-0.2, 0) is 6.54 Å². The summed E-state index contributed by atoms with van der Waals surface area (Å²) >= 11 is 0. The number of hydrogen-bond donors (Lipinski definition) is 2. The highest BCUT2D eigenvalue weighted by Crippen LogP contribution is 2.36. The fraction of sp³-hybridized carbons (Fsp3) is 0.550. The van der Waals surface area contributed by atoms with Crippen molar-refractivity contribution in [3.8, 4) is 0 Å². The van der Waals surface area contributed by atoms with Crippen LogP contribution in [0.25, 0.3) is 11.0 Å². The normalized spacial score (nSPS) is 23.8. The first kappa shape index (κ1) is 17.5. The van der Waals surface area contributed by atoms with Crippen molar-refractivity contribution in [2.75, 3.05) is 13.1 Å². The van der Waals surface area contributed by atoms with Gasteiger partial charge in [0.1, 0.15) is 17.2 Å². The molecule has 0 bridgehead atoms. The molecule has 8 heteroatoms. The van der Waals surface area contributed by atoms with Crippen LogP contribution >= 0.6 is 0 Å². The van der Waals surface area contributed by atoms with E-state index in [1.54, 1.807) is 12.4 Å². The number of nitrogens with one attached hydrogen (secondary N) is 2. The number of likely N-dealkylation sites (tertiary alicyclic amines) is 1. The summed E-state index contributed by atoms with van der Waals surface area (Å²) in [5.41, 5.74) is 2.10. The molecule has 2 N–H and O–H groups in total. The lowest BCUT2D eigenvalue weighted by Gasteiger charge is -2.15. The van der Waals surface area contributed by atoms with Gasteiger partial charge in [-0.05, 0) is 24.8 Å². The summed E-state index contributed by atoms with van der Waals surface area (Å²) < 4.78 is 0. The molecule has 1 saturated carbocycles. The van der Waals surface area contributed by atoms with Crippen LogP contribution in [0.3, 0.4) is 0 Å². The molecule has 1 aliphatic carbocycles. The maximum atomic E-state index is 12.7. The zero-order valence-corrected chi connectivity index (χ0v) is 16.1. The average Bonchev–Trinajstić information content (AvgIpc) is 3.42. The van der Waals surface area contributed by atoms with Gasteiger partial charge >= 0.3 is 0 Å².